The van der Waals surface area contributed by atoms with Crippen LogP contribution in [0.25, 0.3) is 0 Å². The maximum atomic E-state index is 12.1. The van der Waals surface area contributed by atoms with Crippen molar-refractivity contribution in [1.82, 2.24) is 15.1 Å². The van der Waals surface area contributed by atoms with E-state index in [0.29, 0.717) is 19.3 Å². The molecule has 0 aromatic rings. The number of amides is 2. The molecule has 2 rings (SSSR count). The number of nitrogens with one attached hydrogen (secondary N) is 1. The molecule has 5 nitrogen and oxygen atoms in total. The van der Waals surface area contributed by atoms with E-state index < -0.39 is 0 Å². The van der Waals surface area contributed by atoms with Crippen LogP contribution < -0.4 is 5.32 Å². The van der Waals surface area contributed by atoms with Crippen LogP contribution in [0.5, 0.6) is 0 Å². The van der Waals surface area contributed by atoms with E-state index in [0.717, 1.165) is 32.7 Å². The van der Waals surface area contributed by atoms with Gasteiger partial charge in [-0.1, -0.05) is 0 Å². The number of nitrogens with zero attached hydrogens (tertiary/aromatic N) is 2. The van der Waals surface area contributed by atoms with Crippen LogP contribution in [-0.4, -0.2) is 67.8 Å². The fraction of sp³-hybridized carbons (Fsp3) is 0.900. The number of carbonyl (C=O) groups excluding carboxylic acids is 1. The molecule has 86 valence electrons. The first-order chi connectivity index (χ1) is 7.29. The van der Waals surface area contributed by atoms with Gasteiger partial charge in [-0.05, 0) is 6.92 Å². The van der Waals surface area contributed by atoms with Crippen LogP contribution in [-0.2, 0) is 4.74 Å². The van der Waals surface area contributed by atoms with Gasteiger partial charge in [0.05, 0.1) is 13.2 Å². The molecule has 0 aromatic carbocycles. The summed E-state index contributed by atoms with van der Waals surface area (Å²) in [6.07, 6.45) is 0. The van der Waals surface area contributed by atoms with Crippen LogP contribution >= 0.6 is 0 Å². The second-order valence-electron chi connectivity index (χ2n) is 4.13. The summed E-state index contributed by atoms with van der Waals surface area (Å²) in [4.78, 5) is 16.0. The fourth-order valence-electron chi connectivity index (χ4n) is 2.06. The zero-order chi connectivity index (χ0) is 10.7. The van der Waals surface area contributed by atoms with Crippen LogP contribution in [0.2, 0.25) is 0 Å². The molecule has 2 amide bonds. The topological polar surface area (TPSA) is 44.8 Å². The molecule has 0 bridgehead atoms. The normalized spacial score (nSPS) is 27.9. The predicted octanol–water partition coefficient (Wildman–Crippen LogP) is -0.268. The Balaban J connectivity index is 1.92. The van der Waals surface area contributed by atoms with Gasteiger partial charge in [0.1, 0.15) is 0 Å². The van der Waals surface area contributed by atoms with E-state index in [1.165, 1.54) is 0 Å². The molecule has 1 N–H and O–H groups in total. The highest BCUT2D eigenvalue weighted by Gasteiger charge is 2.27. The quantitative estimate of drug-likeness (QED) is 0.602. The lowest BCUT2D eigenvalue weighted by atomic mass is 10.2. The van der Waals surface area contributed by atoms with Crippen LogP contribution in [0.1, 0.15) is 6.92 Å². The van der Waals surface area contributed by atoms with Crippen LogP contribution in [0.15, 0.2) is 0 Å². The lowest BCUT2D eigenvalue weighted by Crippen LogP contribution is -2.57. The minimum Gasteiger partial charge on any atom is -0.378 e. The molecular weight excluding hydrogens is 194 g/mol. The number of rotatable bonds is 0. The van der Waals surface area contributed by atoms with Crippen molar-refractivity contribution in [1.29, 1.82) is 0 Å². The molecule has 0 aliphatic carbocycles. The summed E-state index contributed by atoms with van der Waals surface area (Å²) in [5.41, 5.74) is 0. The molecule has 0 radical (unpaired) electrons. The van der Waals surface area contributed by atoms with Gasteiger partial charge in [0.2, 0.25) is 0 Å². The lowest BCUT2D eigenvalue weighted by molar-refractivity contribution is 0.0380. The number of urea groups is 1. The Labute approximate surface area is 90.4 Å². The summed E-state index contributed by atoms with van der Waals surface area (Å²) in [6, 6.07) is 0.474. The van der Waals surface area contributed by atoms with Gasteiger partial charge in [-0.25, -0.2) is 4.79 Å². The molecule has 2 fully saturated rings. The average molecular weight is 213 g/mol. The first kappa shape index (κ1) is 10.7. The predicted molar refractivity (Wildman–Crippen MR) is 56.8 cm³/mol. The summed E-state index contributed by atoms with van der Waals surface area (Å²) in [6.45, 7) is 7.52. The monoisotopic (exact) mass is 213 g/mol. The molecule has 0 spiro atoms. The number of ether oxygens (including phenoxy) is 1. The van der Waals surface area contributed by atoms with Gasteiger partial charge in [-0.2, -0.15) is 0 Å². The van der Waals surface area contributed by atoms with Gasteiger partial charge in [-0.3, -0.25) is 0 Å². The third-order valence-electron chi connectivity index (χ3n) is 3.03. The molecule has 2 aliphatic rings. The van der Waals surface area contributed by atoms with E-state index in [9.17, 15) is 4.79 Å². The van der Waals surface area contributed by atoms with Crippen molar-refractivity contribution in [3.05, 3.63) is 0 Å². The van der Waals surface area contributed by atoms with E-state index >= 15 is 0 Å². The number of piperazine rings is 1. The van der Waals surface area contributed by atoms with Gasteiger partial charge in [0, 0.05) is 38.8 Å². The van der Waals surface area contributed by atoms with Crippen molar-refractivity contribution < 1.29 is 9.53 Å². The van der Waals surface area contributed by atoms with Crippen molar-refractivity contribution in [3.8, 4) is 0 Å². The Morgan fingerprint density at radius 1 is 1.33 bits per heavy atom. The Morgan fingerprint density at radius 3 is 2.73 bits per heavy atom. The third kappa shape index (κ3) is 2.41. The molecule has 0 saturated carbocycles. The largest absolute Gasteiger partial charge is 0.378 e. The van der Waals surface area contributed by atoms with Crippen LogP contribution in [0.4, 0.5) is 4.79 Å². The lowest BCUT2D eigenvalue weighted by Gasteiger charge is -2.38. The molecule has 5 heteroatoms. The summed E-state index contributed by atoms with van der Waals surface area (Å²) in [7, 11) is 0. The fourth-order valence-corrected chi connectivity index (χ4v) is 2.06. The Bertz CT molecular complexity index is 229. The molecule has 15 heavy (non-hydrogen) atoms. The Morgan fingerprint density at radius 2 is 2.07 bits per heavy atom. The summed E-state index contributed by atoms with van der Waals surface area (Å²) in [5, 5.41) is 3.29. The van der Waals surface area contributed by atoms with E-state index in [2.05, 4.69) is 12.2 Å². The Kier molecular flexibility index (Phi) is 3.43. The minimum atomic E-state index is 0.173. The molecular formula is C10H19N3O2. The van der Waals surface area contributed by atoms with Crippen molar-refractivity contribution in [2.45, 2.75) is 13.0 Å². The minimum absolute atomic E-state index is 0.173. The maximum absolute atomic E-state index is 12.1. The van der Waals surface area contributed by atoms with E-state index in [1.54, 1.807) is 0 Å². The van der Waals surface area contributed by atoms with Gasteiger partial charge in [0.25, 0.3) is 0 Å². The highest BCUT2D eigenvalue weighted by Crippen LogP contribution is 2.08. The van der Waals surface area contributed by atoms with E-state index in [-0.39, 0.29) is 6.03 Å². The summed E-state index contributed by atoms with van der Waals surface area (Å²) < 4.78 is 5.24. The molecule has 0 aromatic heterocycles. The third-order valence-corrected chi connectivity index (χ3v) is 3.03. The highest BCUT2D eigenvalue weighted by atomic mass is 16.5. The molecule has 1 unspecified atom stereocenters. The highest BCUT2D eigenvalue weighted by molar-refractivity contribution is 5.75. The number of hydrogen-bond acceptors (Lipinski definition) is 3. The van der Waals surface area contributed by atoms with E-state index in [4.69, 9.17) is 4.74 Å². The molecule has 2 saturated heterocycles. The van der Waals surface area contributed by atoms with Gasteiger partial charge < -0.3 is 19.9 Å². The number of morpholine rings is 1. The smallest absolute Gasteiger partial charge is 0.320 e. The SMILES string of the molecule is CC1CNCCN1C(=O)N1CCOCC1. The first-order valence-corrected chi connectivity index (χ1v) is 5.63. The second kappa shape index (κ2) is 4.81. The second-order valence-corrected chi connectivity index (χ2v) is 4.13. The van der Waals surface area contributed by atoms with Crippen molar-refractivity contribution in [2.24, 2.45) is 0 Å². The summed E-state index contributed by atoms with van der Waals surface area (Å²) >= 11 is 0. The van der Waals surface area contributed by atoms with Crippen LogP contribution in [0.3, 0.4) is 0 Å². The first-order valence-electron chi connectivity index (χ1n) is 5.63. The van der Waals surface area contributed by atoms with Gasteiger partial charge in [0.15, 0.2) is 0 Å². The van der Waals surface area contributed by atoms with E-state index in [1.807, 2.05) is 9.80 Å². The number of carbonyl (C=O) groups is 1. The average Bonchev–Trinajstić information content (AvgIpc) is 2.30. The Hall–Kier alpha value is -0.810. The van der Waals surface area contributed by atoms with Gasteiger partial charge >= 0.3 is 6.03 Å². The molecule has 1 atom stereocenters. The van der Waals surface area contributed by atoms with Gasteiger partial charge in [-0.15, -0.1) is 0 Å². The number of hydrogen-bond donors (Lipinski definition) is 1. The van der Waals surface area contributed by atoms with Crippen molar-refractivity contribution in [3.63, 3.8) is 0 Å². The summed E-state index contributed by atoms with van der Waals surface area (Å²) in [5.74, 6) is 0. The molecule has 2 heterocycles. The zero-order valence-electron chi connectivity index (χ0n) is 9.24. The zero-order valence-corrected chi connectivity index (χ0v) is 9.24. The standard InChI is InChI=1S/C10H19N3O2/c1-9-8-11-2-3-13(9)10(14)12-4-6-15-7-5-12/h9,11H,2-8H2,1H3. The van der Waals surface area contributed by atoms with Crippen LogP contribution in [0, 0.1) is 0 Å². The van der Waals surface area contributed by atoms with Crippen molar-refractivity contribution in [2.75, 3.05) is 45.9 Å². The maximum Gasteiger partial charge on any atom is 0.320 e. The molecule has 2 aliphatic heterocycles. The van der Waals surface area contributed by atoms with Crippen molar-refractivity contribution >= 4 is 6.03 Å².